The van der Waals surface area contributed by atoms with Gasteiger partial charge in [0.15, 0.2) is 0 Å². The van der Waals surface area contributed by atoms with Crippen LogP contribution >= 0.6 is 0 Å². The molecule has 0 aliphatic heterocycles. The molecule has 0 aromatic heterocycles. The van der Waals surface area contributed by atoms with Crippen LogP contribution in [-0.4, -0.2) is 11.1 Å². The lowest BCUT2D eigenvalue weighted by atomic mass is 10.1. The summed E-state index contributed by atoms with van der Waals surface area (Å²) in [5, 5.41) is 8.94. The maximum atomic E-state index is 10.9. The Balaban J connectivity index is 2.15. The van der Waals surface area contributed by atoms with E-state index in [0.717, 1.165) is 22.4 Å². The summed E-state index contributed by atoms with van der Waals surface area (Å²) >= 11 is 0. The Bertz CT molecular complexity index is 645. The van der Waals surface area contributed by atoms with Gasteiger partial charge in [-0.3, -0.25) is 0 Å². The average molecular weight is 270 g/mol. The van der Waals surface area contributed by atoms with Crippen molar-refractivity contribution in [1.29, 1.82) is 0 Å². The summed E-state index contributed by atoms with van der Waals surface area (Å²) in [5.74, 6) is -0.0400. The van der Waals surface area contributed by atoms with Gasteiger partial charge in [-0.15, -0.1) is 0 Å². The van der Waals surface area contributed by atoms with E-state index in [-0.39, 0.29) is 0 Å². The Kier molecular flexibility index (Phi) is 4.08. The van der Waals surface area contributed by atoms with E-state index in [9.17, 15) is 4.79 Å². The van der Waals surface area contributed by atoms with Gasteiger partial charge < -0.3 is 9.84 Å². The third kappa shape index (κ3) is 2.99. The first-order chi connectivity index (χ1) is 9.49. The highest BCUT2D eigenvalue weighted by molar-refractivity contribution is 5.87. The lowest BCUT2D eigenvalue weighted by Crippen LogP contribution is -2.02. The molecule has 0 amide bonds. The molecule has 0 saturated carbocycles. The van der Waals surface area contributed by atoms with E-state index in [1.807, 2.05) is 32.0 Å². The predicted molar refractivity (Wildman–Crippen MR) is 78.4 cm³/mol. The quantitative estimate of drug-likeness (QED) is 0.916. The van der Waals surface area contributed by atoms with Gasteiger partial charge in [-0.25, -0.2) is 4.79 Å². The van der Waals surface area contributed by atoms with Crippen LogP contribution in [0.5, 0.6) is 5.75 Å². The highest BCUT2D eigenvalue weighted by atomic mass is 16.5. The molecule has 0 radical (unpaired) electrons. The van der Waals surface area contributed by atoms with Gasteiger partial charge in [0.05, 0.1) is 5.56 Å². The zero-order valence-corrected chi connectivity index (χ0v) is 11.9. The minimum Gasteiger partial charge on any atom is -0.489 e. The highest BCUT2D eigenvalue weighted by Crippen LogP contribution is 2.22. The molecule has 2 aromatic carbocycles. The Morgan fingerprint density at radius 1 is 1.10 bits per heavy atom. The Labute approximate surface area is 118 Å². The van der Waals surface area contributed by atoms with E-state index >= 15 is 0 Å². The molecule has 3 nitrogen and oxygen atoms in total. The summed E-state index contributed by atoms with van der Waals surface area (Å²) < 4.78 is 5.84. The van der Waals surface area contributed by atoms with Gasteiger partial charge in [-0.05, 0) is 61.2 Å². The number of carbonyl (C=O) groups is 1. The molecule has 0 bridgehead atoms. The SMILES string of the molecule is Cc1cc(C(=O)O)ccc1COc1cccc(C)c1C. The Morgan fingerprint density at radius 2 is 1.85 bits per heavy atom. The molecule has 0 fully saturated rings. The molecule has 0 aliphatic rings. The molecule has 1 N–H and O–H groups in total. The summed E-state index contributed by atoms with van der Waals surface area (Å²) in [6, 6.07) is 11.1. The van der Waals surface area contributed by atoms with E-state index in [0.29, 0.717) is 12.2 Å². The number of aryl methyl sites for hydroxylation is 2. The van der Waals surface area contributed by atoms with Crippen LogP contribution < -0.4 is 4.74 Å². The van der Waals surface area contributed by atoms with Gasteiger partial charge in [0, 0.05) is 0 Å². The zero-order chi connectivity index (χ0) is 14.7. The molecule has 0 atom stereocenters. The summed E-state index contributed by atoms with van der Waals surface area (Å²) in [5.41, 5.74) is 4.55. The molecular formula is C17H18O3. The van der Waals surface area contributed by atoms with Crippen LogP contribution in [0, 0.1) is 20.8 Å². The van der Waals surface area contributed by atoms with Crippen LogP contribution in [0.15, 0.2) is 36.4 Å². The van der Waals surface area contributed by atoms with Gasteiger partial charge in [-0.2, -0.15) is 0 Å². The molecule has 104 valence electrons. The second kappa shape index (κ2) is 5.78. The van der Waals surface area contributed by atoms with Crippen molar-refractivity contribution in [2.24, 2.45) is 0 Å². The fourth-order valence-corrected chi connectivity index (χ4v) is 2.03. The van der Waals surface area contributed by atoms with Crippen LogP contribution in [0.2, 0.25) is 0 Å². The third-order valence-electron chi connectivity index (χ3n) is 3.53. The lowest BCUT2D eigenvalue weighted by molar-refractivity contribution is 0.0696. The number of carboxylic acid groups (broad SMARTS) is 1. The second-order valence-corrected chi connectivity index (χ2v) is 4.93. The lowest BCUT2D eigenvalue weighted by Gasteiger charge is -2.12. The van der Waals surface area contributed by atoms with Crippen LogP contribution in [0.4, 0.5) is 0 Å². The minimum atomic E-state index is -0.907. The summed E-state index contributed by atoms with van der Waals surface area (Å²) in [6.45, 7) is 6.42. The maximum absolute atomic E-state index is 10.9. The number of hydrogen-bond donors (Lipinski definition) is 1. The van der Waals surface area contributed by atoms with Crippen molar-refractivity contribution in [1.82, 2.24) is 0 Å². The molecule has 0 spiro atoms. The highest BCUT2D eigenvalue weighted by Gasteiger charge is 2.07. The number of carboxylic acids is 1. The zero-order valence-electron chi connectivity index (χ0n) is 11.9. The molecule has 0 saturated heterocycles. The van der Waals surface area contributed by atoms with Crippen molar-refractivity contribution in [3.05, 3.63) is 64.2 Å². The van der Waals surface area contributed by atoms with Crippen molar-refractivity contribution < 1.29 is 14.6 Å². The van der Waals surface area contributed by atoms with E-state index in [4.69, 9.17) is 9.84 Å². The molecule has 0 aliphatic carbocycles. The molecule has 0 heterocycles. The van der Waals surface area contributed by atoms with Crippen LogP contribution in [0.1, 0.15) is 32.6 Å². The standard InChI is InChI=1S/C17H18O3/c1-11-5-4-6-16(13(11)3)20-10-15-8-7-14(17(18)19)9-12(15)2/h4-9H,10H2,1-3H3,(H,18,19). The number of aromatic carboxylic acids is 1. The smallest absolute Gasteiger partial charge is 0.335 e. The molecule has 0 unspecified atom stereocenters. The van der Waals surface area contributed by atoms with Crippen LogP contribution in [-0.2, 0) is 6.61 Å². The van der Waals surface area contributed by atoms with Gasteiger partial charge in [-0.1, -0.05) is 18.2 Å². The van der Waals surface area contributed by atoms with Gasteiger partial charge in [0.25, 0.3) is 0 Å². The van der Waals surface area contributed by atoms with Crippen LogP contribution in [0.3, 0.4) is 0 Å². The summed E-state index contributed by atoms with van der Waals surface area (Å²) in [7, 11) is 0. The predicted octanol–water partition coefficient (Wildman–Crippen LogP) is 3.89. The van der Waals surface area contributed by atoms with Crippen molar-refractivity contribution in [3.63, 3.8) is 0 Å². The molecule has 2 rings (SSSR count). The normalized spacial score (nSPS) is 10.3. The minimum absolute atomic E-state index is 0.304. The molecule has 20 heavy (non-hydrogen) atoms. The maximum Gasteiger partial charge on any atom is 0.335 e. The monoisotopic (exact) mass is 270 g/mol. The number of hydrogen-bond acceptors (Lipinski definition) is 2. The molecular weight excluding hydrogens is 252 g/mol. The van der Waals surface area contributed by atoms with E-state index in [1.165, 1.54) is 5.56 Å². The third-order valence-corrected chi connectivity index (χ3v) is 3.53. The van der Waals surface area contributed by atoms with E-state index < -0.39 is 5.97 Å². The van der Waals surface area contributed by atoms with Gasteiger partial charge in [0.1, 0.15) is 12.4 Å². The largest absolute Gasteiger partial charge is 0.489 e. The number of benzene rings is 2. The van der Waals surface area contributed by atoms with Gasteiger partial charge >= 0.3 is 5.97 Å². The van der Waals surface area contributed by atoms with Crippen molar-refractivity contribution in [3.8, 4) is 5.75 Å². The fourth-order valence-electron chi connectivity index (χ4n) is 2.03. The van der Waals surface area contributed by atoms with Crippen molar-refractivity contribution in [2.75, 3.05) is 0 Å². The Hall–Kier alpha value is -2.29. The summed E-state index contributed by atoms with van der Waals surface area (Å²) in [4.78, 5) is 10.9. The first-order valence-corrected chi connectivity index (χ1v) is 6.51. The first-order valence-electron chi connectivity index (χ1n) is 6.51. The second-order valence-electron chi connectivity index (χ2n) is 4.93. The fraction of sp³-hybridized carbons (Fsp3) is 0.235. The first kappa shape index (κ1) is 14.1. The van der Waals surface area contributed by atoms with E-state index in [2.05, 4.69) is 13.0 Å². The number of ether oxygens (including phenoxy) is 1. The van der Waals surface area contributed by atoms with Crippen molar-refractivity contribution in [2.45, 2.75) is 27.4 Å². The summed E-state index contributed by atoms with van der Waals surface area (Å²) in [6.07, 6.45) is 0. The number of rotatable bonds is 4. The average Bonchev–Trinajstić information content (AvgIpc) is 2.41. The topological polar surface area (TPSA) is 46.5 Å². The molecule has 2 aromatic rings. The Morgan fingerprint density at radius 3 is 2.50 bits per heavy atom. The van der Waals surface area contributed by atoms with Gasteiger partial charge in [0.2, 0.25) is 0 Å². The van der Waals surface area contributed by atoms with Crippen molar-refractivity contribution >= 4 is 5.97 Å². The molecule has 3 heteroatoms. The van der Waals surface area contributed by atoms with E-state index in [1.54, 1.807) is 12.1 Å². The van der Waals surface area contributed by atoms with Crippen LogP contribution in [0.25, 0.3) is 0 Å².